The van der Waals surface area contributed by atoms with Crippen molar-refractivity contribution in [2.24, 2.45) is 5.92 Å². The van der Waals surface area contributed by atoms with Crippen LogP contribution in [-0.4, -0.2) is 35.1 Å². The molecule has 0 bridgehead atoms. The second kappa shape index (κ2) is 12.5. The van der Waals surface area contributed by atoms with Crippen LogP contribution in [0.15, 0.2) is 67.0 Å². The molecule has 2 aromatic carbocycles. The molecule has 6 nitrogen and oxygen atoms in total. The van der Waals surface area contributed by atoms with E-state index in [4.69, 9.17) is 4.74 Å². The zero-order valence-corrected chi connectivity index (χ0v) is 22.5. The molecule has 2 aliphatic carbocycles. The second-order valence-corrected chi connectivity index (χ2v) is 11.1. The van der Waals surface area contributed by atoms with Gasteiger partial charge < -0.3 is 15.2 Å². The van der Waals surface area contributed by atoms with E-state index >= 15 is 0 Å². The minimum Gasteiger partial charge on any atom is -0.494 e. The molecule has 3 aromatic rings. The number of pyridine rings is 1. The number of hydrogen-bond donors (Lipinski definition) is 2. The van der Waals surface area contributed by atoms with Gasteiger partial charge in [0.1, 0.15) is 5.75 Å². The number of nitrogens with zero attached hydrogens (tertiary/aromatic N) is 1. The third-order valence-electron chi connectivity index (χ3n) is 8.52. The largest absolute Gasteiger partial charge is 0.494 e. The Hall–Kier alpha value is -3.67. The van der Waals surface area contributed by atoms with Crippen molar-refractivity contribution < 1.29 is 19.4 Å². The number of aliphatic carboxylic acids is 1. The van der Waals surface area contributed by atoms with Crippen molar-refractivity contribution in [1.82, 2.24) is 10.3 Å². The van der Waals surface area contributed by atoms with Crippen LogP contribution in [0.25, 0.3) is 11.1 Å². The van der Waals surface area contributed by atoms with Gasteiger partial charge >= 0.3 is 5.97 Å². The average Bonchev–Trinajstić information content (AvgIpc) is 3.31. The van der Waals surface area contributed by atoms with Gasteiger partial charge in [-0.25, -0.2) is 0 Å². The maximum absolute atomic E-state index is 12.3. The summed E-state index contributed by atoms with van der Waals surface area (Å²) in [5, 5.41) is 12.4. The molecule has 2 N–H and O–H groups in total. The summed E-state index contributed by atoms with van der Waals surface area (Å²) in [6.45, 7) is 1.16. The molecule has 1 aromatic heterocycles. The van der Waals surface area contributed by atoms with Crippen molar-refractivity contribution in [2.75, 3.05) is 13.2 Å². The number of nitrogens with one attached hydrogen (secondary N) is 1. The monoisotopic (exact) mass is 526 g/mol. The number of fused-ring (bicyclic) bond motifs is 2. The molecular weight excluding hydrogens is 488 g/mol. The number of carboxylic acids is 1. The molecule has 39 heavy (non-hydrogen) atoms. The van der Waals surface area contributed by atoms with E-state index in [0.717, 1.165) is 68.2 Å². The fraction of sp³-hybridized carbons (Fsp3) is 0.424. The van der Waals surface area contributed by atoms with Crippen LogP contribution in [-0.2, 0) is 27.8 Å². The van der Waals surface area contributed by atoms with Crippen LogP contribution < -0.4 is 10.1 Å². The minimum absolute atomic E-state index is 0.0609. The molecule has 0 saturated heterocycles. The van der Waals surface area contributed by atoms with Crippen molar-refractivity contribution in [1.29, 1.82) is 0 Å². The molecule has 2 aliphatic rings. The van der Waals surface area contributed by atoms with Crippen LogP contribution in [0, 0.1) is 5.92 Å². The SMILES string of the molecule is O=C(CCCOc1ccc2c(c1)C1(CC2)CCC(C(=O)O)CC1)NCCCc1cccc(-c2cccnc2)c1. The number of amides is 1. The summed E-state index contributed by atoms with van der Waals surface area (Å²) in [7, 11) is 0. The Kier molecular flexibility index (Phi) is 8.60. The first-order valence-corrected chi connectivity index (χ1v) is 14.3. The molecule has 5 rings (SSSR count). The van der Waals surface area contributed by atoms with Gasteiger partial charge in [-0.15, -0.1) is 0 Å². The Labute approximate surface area is 230 Å². The maximum atomic E-state index is 12.3. The summed E-state index contributed by atoms with van der Waals surface area (Å²) in [6.07, 6.45) is 12.1. The Balaban J connectivity index is 1.01. The summed E-state index contributed by atoms with van der Waals surface area (Å²) in [6, 6.07) is 18.9. The Morgan fingerprint density at radius 1 is 1.00 bits per heavy atom. The van der Waals surface area contributed by atoms with Crippen molar-refractivity contribution in [2.45, 2.75) is 69.6 Å². The van der Waals surface area contributed by atoms with E-state index in [1.165, 1.54) is 16.7 Å². The van der Waals surface area contributed by atoms with Crippen molar-refractivity contribution in [3.8, 4) is 16.9 Å². The Bertz CT molecular complexity index is 1280. The summed E-state index contributed by atoms with van der Waals surface area (Å²) in [5.41, 5.74) is 6.36. The maximum Gasteiger partial charge on any atom is 0.306 e. The van der Waals surface area contributed by atoms with Gasteiger partial charge in [0.05, 0.1) is 12.5 Å². The number of hydrogen-bond acceptors (Lipinski definition) is 4. The first-order valence-electron chi connectivity index (χ1n) is 14.3. The lowest BCUT2D eigenvalue weighted by molar-refractivity contribution is -0.143. The molecule has 0 unspecified atom stereocenters. The number of rotatable bonds is 11. The van der Waals surface area contributed by atoms with Gasteiger partial charge in [-0.1, -0.05) is 36.4 Å². The number of ether oxygens (including phenoxy) is 1. The highest BCUT2D eigenvalue weighted by atomic mass is 16.5. The summed E-state index contributed by atoms with van der Waals surface area (Å²) >= 11 is 0. The van der Waals surface area contributed by atoms with E-state index < -0.39 is 5.97 Å². The number of aromatic nitrogens is 1. The number of carbonyl (C=O) groups excluding carboxylic acids is 1. The number of benzene rings is 2. The average molecular weight is 527 g/mol. The summed E-state index contributed by atoms with van der Waals surface area (Å²) in [5.74, 6) is 0.0553. The predicted molar refractivity (Wildman–Crippen MR) is 152 cm³/mol. The fourth-order valence-corrected chi connectivity index (χ4v) is 6.27. The highest BCUT2D eigenvalue weighted by molar-refractivity contribution is 5.75. The van der Waals surface area contributed by atoms with Crippen molar-refractivity contribution >= 4 is 11.9 Å². The van der Waals surface area contributed by atoms with Crippen molar-refractivity contribution in [3.05, 3.63) is 83.7 Å². The van der Waals surface area contributed by atoms with E-state index in [-0.39, 0.29) is 17.2 Å². The van der Waals surface area contributed by atoms with Gasteiger partial charge in [0.2, 0.25) is 5.91 Å². The van der Waals surface area contributed by atoms with Gasteiger partial charge in [0.15, 0.2) is 0 Å². The number of carbonyl (C=O) groups is 2. The smallest absolute Gasteiger partial charge is 0.306 e. The third kappa shape index (κ3) is 6.67. The number of carboxylic acid groups (broad SMARTS) is 1. The third-order valence-corrected chi connectivity index (χ3v) is 8.52. The molecule has 204 valence electrons. The van der Waals surface area contributed by atoms with E-state index in [2.05, 4.69) is 52.8 Å². The van der Waals surface area contributed by atoms with E-state index in [0.29, 0.717) is 26.0 Å². The zero-order chi connectivity index (χ0) is 27.1. The van der Waals surface area contributed by atoms with Crippen LogP contribution in [0.1, 0.15) is 68.1 Å². The predicted octanol–water partition coefficient (Wildman–Crippen LogP) is 6.12. The Morgan fingerprint density at radius 3 is 2.64 bits per heavy atom. The molecule has 1 saturated carbocycles. The van der Waals surface area contributed by atoms with Crippen LogP contribution in [0.4, 0.5) is 0 Å². The van der Waals surface area contributed by atoms with Crippen LogP contribution in [0.2, 0.25) is 0 Å². The van der Waals surface area contributed by atoms with E-state index in [9.17, 15) is 14.7 Å². The molecule has 1 spiro atoms. The molecule has 0 atom stereocenters. The van der Waals surface area contributed by atoms with Crippen molar-refractivity contribution in [3.63, 3.8) is 0 Å². The van der Waals surface area contributed by atoms with Gasteiger partial charge in [-0.3, -0.25) is 14.6 Å². The van der Waals surface area contributed by atoms with Crippen LogP contribution in [0.3, 0.4) is 0 Å². The molecule has 0 aliphatic heterocycles. The zero-order valence-electron chi connectivity index (χ0n) is 22.5. The second-order valence-electron chi connectivity index (χ2n) is 11.1. The van der Waals surface area contributed by atoms with Gasteiger partial charge in [-0.2, -0.15) is 0 Å². The first kappa shape index (κ1) is 26.9. The Morgan fingerprint density at radius 2 is 1.85 bits per heavy atom. The fourth-order valence-electron chi connectivity index (χ4n) is 6.27. The lowest BCUT2D eigenvalue weighted by Crippen LogP contribution is -2.32. The van der Waals surface area contributed by atoms with Gasteiger partial charge in [0.25, 0.3) is 0 Å². The van der Waals surface area contributed by atoms with Crippen LogP contribution >= 0.6 is 0 Å². The number of aryl methyl sites for hydroxylation is 2. The summed E-state index contributed by atoms with van der Waals surface area (Å²) in [4.78, 5) is 27.9. The topological polar surface area (TPSA) is 88.5 Å². The van der Waals surface area contributed by atoms with Crippen LogP contribution in [0.5, 0.6) is 5.75 Å². The lowest BCUT2D eigenvalue weighted by Gasteiger charge is -2.37. The van der Waals surface area contributed by atoms with E-state index in [1.807, 2.05) is 18.3 Å². The molecule has 1 heterocycles. The summed E-state index contributed by atoms with van der Waals surface area (Å²) < 4.78 is 6.03. The lowest BCUT2D eigenvalue weighted by atomic mass is 9.67. The normalized spacial score (nSPS) is 19.9. The molecule has 1 amide bonds. The standard InChI is InChI=1S/C33H38N2O4/c36-31(35-19-2-6-24-5-1-7-27(21-24)28-8-3-18-34-23-28)9-4-20-39-29-11-10-25-12-15-33(30(25)22-29)16-13-26(14-17-33)32(37)38/h1,3,5,7-8,10-11,18,21-23,26H,2,4,6,9,12-17,19-20H2,(H,35,36)(H,37,38). The first-order chi connectivity index (χ1) is 19.0. The quantitative estimate of drug-likeness (QED) is 0.294. The van der Waals surface area contributed by atoms with Gasteiger partial charge in [-0.05, 0) is 109 Å². The molecule has 6 heteroatoms. The highest BCUT2D eigenvalue weighted by Gasteiger charge is 2.43. The highest BCUT2D eigenvalue weighted by Crippen LogP contribution is 2.50. The molecule has 0 radical (unpaired) electrons. The molecule has 1 fully saturated rings. The minimum atomic E-state index is -0.657. The molecular formula is C33H38N2O4. The van der Waals surface area contributed by atoms with Gasteiger partial charge in [0, 0.05) is 25.4 Å². The van der Waals surface area contributed by atoms with E-state index in [1.54, 1.807) is 6.20 Å².